The molecule has 166 valence electrons. The van der Waals surface area contributed by atoms with E-state index in [1.165, 1.54) is 18.2 Å². The molecule has 1 N–H and O–H groups in total. The van der Waals surface area contributed by atoms with Gasteiger partial charge in [0, 0.05) is 36.1 Å². The number of likely N-dealkylation sites (tertiary alicyclic amines) is 1. The second-order valence-corrected chi connectivity index (χ2v) is 10.1. The SMILES string of the molecule is CS(=O)(=O)N(CC(=O)NCc1ccccc1CN1CCCC1=O)c1cc(Cl)cc(Cl)c1. The Hall–Kier alpha value is -2.29. The van der Waals surface area contributed by atoms with E-state index in [0.29, 0.717) is 13.0 Å². The number of hydrogen-bond acceptors (Lipinski definition) is 4. The minimum atomic E-state index is -3.75. The standard InChI is InChI=1S/C21H23Cl2N3O4S/c1-31(29,30)26(19-10-17(22)9-18(23)11-19)14-20(27)24-12-15-5-2-3-6-16(15)13-25-8-4-7-21(25)28/h2-3,5-6,9-11H,4,7-8,12-14H2,1H3,(H,24,27). The van der Waals surface area contributed by atoms with Crippen molar-refractivity contribution in [2.24, 2.45) is 0 Å². The first-order chi connectivity index (χ1) is 14.6. The number of nitrogens with zero attached hydrogens (tertiary/aromatic N) is 2. The number of carbonyl (C=O) groups is 2. The minimum absolute atomic E-state index is 0.128. The van der Waals surface area contributed by atoms with Gasteiger partial charge in [-0.25, -0.2) is 8.42 Å². The summed E-state index contributed by atoms with van der Waals surface area (Å²) < 4.78 is 25.5. The molecule has 2 aromatic rings. The molecular formula is C21H23Cl2N3O4S. The maximum absolute atomic E-state index is 12.6. The predicted octanol–water partition coefficient (Wildman–Crippen LogP) is 3.20. The maximum atomic E-state index is 12.6. The first-order valence-corrected chi connectivity index (χ1v) is 12.3. The third-order valence-electron chi connectivity index (χ3n) is 4.95. The summed E-state index contributed by atoms with van der Waals surface area (Å²) in [7, 11) is -3.75. The van der Waals surface area contributed by atoms with Crippen LogP contribution in [0.1, 0.15) is 24.0 Å². The monoisotopic (exact) mass is 483 g/mol. The van der Waals surface area contributed by atoms with E-state index in [4.69, 9.17) is 23.2 Å². The van der Waals surface area contributed by atoms with Gasteiger partial charge in [0.15, 0.2) is 0 Å². The largest absolute Gasteiger partial charge is 0.350 e. The van der Waals surface area contributed by atoms with E-state index in [1.807, 2.05) is 24.3 Å². The van der Waals surface area contributed by atoms with Gasteiger partial charge in [-0.3, -0.25) is 13.9 Å². The zero-order chi connectivity index (χ0) is 22.6. The van der Waals surface area contributed by atoms with Crippen molar-refractivity contribution in [2.45, 2.75) is 25.9 Å². The van der Waals surface area contributed by atoms with Crippen molar-refractivity contribution < 1.29 is 18.0 Å². The molecule has 31 heavy (non-hydrogen) atoms. The minimum Gasteiger partial charge on any atom is -0.350 e. The van der Waals surface area contributed by atoms with Crippen molar-refractivity contribution in [3.63, 3.8) is 0 Å². The van der Waals surface area contributed by atoms with Gasteiger partial charge < -0.3 is 10.2 Å². The van der Waals surface area contributed by atoms with E-state index in [2.05, 4.69) is 5.32 Å². The van der Waals surface area contributed by atoms with E-state index < -0.39 is 22.5 Å². The van der Waals surface area contributed by atoms with Gasteiger partial charge in [0.25, 0.3) is 0 Å². The van der Waals surface area contributed by atoms with Crippen molar-refractivity contribution >= 4 is 50.7 Å². The third kappa shape index (κ3) is 6.35. The van der Waals surface area contributed by atoms with E-state index in [0.717, 1.165) is 34.7 Å². The van der Waals surface area contributed by atoms with Crippen LogP contribution < -0.4 is 9.62 Å². The molecule has 0 unspecified atom stereocenters. The van der Waals surface area contributed by atoms with Crippen molar-refractivity contribution in [1.29, 1.82) is 0 Å². The molecule has 3 rings (SSSR count). The number of sulfonamides is 1. The van der Waals surface area contributed by atoms with Gasteiger partial charge in [0.2, 0.25) is 21.8 Å². The van der Waals surface area contributed by atoms with E-state index in [9.17, 15) is 18.0 Å². The van der Waals surface area contributed by atoms with Crippen LogP contribution in [0.15, 0.2) is 42.5 Å². The van der Waals surface area contributed by atoms with Gasteiger partial charge >= 0.3 is 0 Å². The molecule has 0 aliphatic carbocycles. The van der Waals surface area contributed by atoms with Gasteiger partial charge in [-0.2, -0.15) is 0 Å². The van der Waals surface area contributed by atoms with Crippen LogP contribution in [0.3, 0.4) is 0 Å². The van der Waals surface area contributed by atoms with Gasteiger partial charge in [0.1, 0.15) is 6.54 Å². The van der Waals surface area contributed by atoms with Crippen LogP contribution in [0.25, 0.3) is 0 Å². The molecule has 7 nitrogen and oxygen atoms in total. The van der Waals surface area contributed by atoms with Gasteiger partial charge in [0.05, 0.1) is 11.9 Å². The van der Waals surface area contributed by atoms with Gasteiger partial charge in [-0.15, -0.1) is 0 Å². The molecule has 2 aromatic carbocycles. The topological polar surface area (TPSA) is 86.8 Å². The van der Waals surface area contributed by atoms with Crippen LogP contribution in [0.2, 0.25) is 10.0 Å². The number of hydrogen-bond donors (Lipinski definition) is 1. The highest BCUT2D eigenvalue weighted by atomic mass is 35.5. The van der Waals surface area contributed by atoms with Crippen molar-refractivity contribution in [2.75, 3.05) is 23.7 Å². The number of rotatable bonds is 8. The summed E-state index contributed by atoms with van der Waals surface area (Å²) in [6, 6.07) is 11.9. The van der Waals surface area contributed by atoms with Crippen molar-refractivity contribution in [1.82, 2.24) is 10.2 Å². The first kappa shape index (κ1) is 23.4. The van der Waals surface area contributed by atoms with Crippen molar-refractivity contribution in [3.05, 3.63) is 63.6 Å². The van der Waals surface area contributed by atoms with Crippen LogP contribution in [-0.2, 0) is 32.7 Å². The summed E-state index contributed by atoms with van der Waals surface area (Å²) in [5.74, 6) is -0.351. The average molecular weight is 484 g/mol. The van der Waals surface area contributed by atoms with Crippen LogP contribution >= 0.6 is 23.2 Å². The average Bonchev–Trinajstić information content (AvgIpc) is 3.08. The Kier molecular flexibility index (Phi) is 7.46. The second-order valence-electron chi connectivity index (χ2n) is 7.36. The Labute approximate surface area is 192 Å². The van der Waals surface area contributed by atoms with Crippen LogP contribution in [0, 0.1) is 0 Å². The van der Waals surface area contributed by atoms with Crippen LogP contribution in [0.5, 0.6) is 0 Å². The maximum Gasteiger partial charge on any atom is 0.241 e. The lowest BCUT2D eigenvalue weighted by molar-refractivity contribution is -0.128. The molecule has 0 saturated carbocycles. The van der Waals surface area contributed by atoms with Crippen LogP contribution in [-0.4, -0.2) is 44.5 Å². The molecule has 10 heteroatoms. The fourth-order valence-corrected chi connectivity index (χ4v) is 4.78. The molecule has 0 radical (unpaired) electrons. The Balaban J connectivity index is 1.69. The molecule has 1 fully saturated rings. The number of amides is 2. The molecule has 2 amide bonds. The van der Waals surface area contributed by atoms with Gasteiger partial charge in [-0.1, -0.05) is 47.5 Å². The van der Waals surface area contributed by atoms with E-state index in [-0.39, 0.29) is 28.2 Å². The molecule has 1 aliphatic rings. The zero-order valence-electron chi connectivity index (χ0n) is 17.0. The van der Waals surface area contributed by atoms with E-state index in [1.54, 1.807) is 4.90 Å². The third-order valence-corrected chi connectivity index (χ3v) is 6.53. The molecule has 0 atom stereocenters. The summed E-state index contributed by atoms with van der Waals surface area (Å²) in [6.07, 6.45) is 2.43. The molecule has 1 heterocycles. The number of benzene rings is 2. The fourth-order valence-electron chi connectivity index (χ4n) is 3.42. The Morgan fingerprint density at radius 1 is 1.13 bits per heavy atom. The normalized spacial score (nSPS) is 14.0. The number of anilines is 1. The molecule has 1 aliphatic heterocycles. The van der Waals surface area contributed by atoms with E-state index >= 15 is 0 Å². The summed E-state index contributed by atoms with van der Waals surface area (Å²) >= 11 is 12.0. The quantitative estimate of drug-likeness (QED) is 0.624. The lowest BCUT2D eigenvalue weighted by atomic mass is 10.1. The Morgan fingerprint density at radius 3 is 2.35 bits per heavy atom. The second kappa shape index (κ2) is 9.89. The van der Waals surface area contributed by atoms with Gasteiger partial charge in [-0.05, 0) is 35.7 Å². The molecular weight excluding hydrogens is 461 g/mol. The molecule has 0 aromatic heterocycles. The Morgan fingerprint density at radius 2 is 1.77 bits per heavy atom. The lowest BCUT2D eigenvalue weighted by Crippen LogP contribution is -2.40. The summed E-state index contributed by atoms with van der Waals surface area (Å²) in [5, 5.41) is 3.29. The zero-order valence-corrected chi connectivity index (χ0v) is 19.3. The molecule has 0 bridgehead atoms. The number of carbonyl (C=O) groups excluding carboxylic acids is 2. The highest BCUT2D eigenvalue weighted by Gasteiger charge is 2.23. The first-order valence-electron chi connectivity index (χ1n) is 9.68. The lowest BCUT2D eigenvalue weighted by Gasteiger charge is -2.23. The predicted molar refractivity (Wildman–Crippen MR) is 122 cm³/mol. The summed E-state index contributed by atoms with van der Waals surface area (Å²) in [6.45, 7) is 1.01. The van der Waals surface area contributed by atoms with Crippen LogP contribution in [0.4, 0.5) is 5.69 Å². The highest BCUT2D eigenvalue weighted by Crippen LogP contribution is 2.27. The fraction of sp³-hybridized carbons (Fsp3) is 0.333. The molecule has 0 spiro atoms. The molecule has 1 saturated heterocycles. The number of halogens is 2. The Bertz CT molecular complexity index is 1070. The smallest absolute Gasteiger partial charge is 0.241 e. The summed E-state index contributed by atoms with van der Waals surface area (Å²) in [4.78, 5) is 26.3. The van der Waals surface area contributed by atoms with Crippen molar-refractivity contribution in [3.8, 4) is 0 Å². The highest BCUT2D eigenvalue weighted by molar-refractivity contribution is 7.92. The number of nitrogens with one attached hydrogen (secondary N) is 1. The summed E-state index contributed by atoms with van der Waals surface area (Å²) in [5.41, 5.74) is 2.02.